The third-order valence-corrected chi connectivity index (χ3v) is 5.70. The van der Waals surface area contributed by atoms with Gasteiger partial charge in [0.2, 0.25) is 0 Å². The molecule has 0 unspecified atom stereocenters. The molecule has 0 spiro atoms. The minimum atomic E-state index is -0.531. The minimum absolute atomic E-state index is 0.0257. The molecule has 0 N–H and O–H groups in total. The van der Waals surface area contributed by atoms with Gasteiger partial charge in [0.1, 0.15) is 23.6 Å². The normalized spacial score (nSPS) is 16.4. The lowest BCUT2D eigenvalue weighted by Gasteiger charge is -2.41. The van der Waals surface area contributed by atoms with Gasteiger partial charge in [-0.15, -0.1) is 0 Å². The second kappa shape index (κ2) is 8.82. The summed E-state index contributed by atoms with van der Waals surface area (Å²) in [6, 6.07) is 5.60. The van der Waals surface area contributed by atoms with Crippen LogP contribution in [0.25, 0.3) is 16.9 Å². The summed E-state index contributed by atoms with van der Waals surface area (Å²) >= 11 is 0. The highest BCUT2D eigenvalue weighted by Gasteiger charge is 2.32. The van der Waals surface area contributed by atoms with Crippen molar-refractivity contribution in [2.24, 2.45) is 0 Å². The highest BCUT2D eigenvalue weighted by molar-refractivity contribution is 6.00. The number of nitrogens with zero attached hydrogens (tertiary/aromatic N) is 8. The number of hydrogen-bond acceptors (Lipinski definition) is 8. The van der Waals surface area contributed by atoms with E-state index in [1.165, 1.54) is 0 Å². The Morgan fingerprint density at radius 2 is 2.00 bits per heavy atom. The molecule has 1 aliphatic heterocycles. The van der Waals surface area contributed by atoms with Crippen LogP contribution in [0.2, 0.25) is 0 Å². The third kappa shape index (κ3) is 4.46. The van der Waals surface area contributed by atoms with E-state index in [1.807, 2.05) is 50.5 Å². The van der Waals surface area contributed by atoms with E-state index in [0.29, 0.717) is 36.7 Å². The lowest BCUT2D eigenvalue weighted by Crippen LogP contribution is -2.54. The summed E-state index contributed by atoms with van der Waals surface area (Å²) in [5.41, 5.74) is 1.64. The van der Waals surface area contributed by atoms with Gasteiger partial charge in [-0.1, -0.05) is 0 Å². The number of aromatic nitrogens is 4. The average molecular weight is 463 g/mol. The van der Waals surface area contributed by atoms with Crippen LogP contribution >= 0.6 is 0 Å². The van der Waals surface area contributed by atoms with E-state index in [1.54, 1.807) is 29.6 Å². The molecule has 0 bridgehead atoms. The number of pyridine rings is 1. The lowest BCUT2D eigenvalue weighted by molar-refractivity contribution is 0.0218. The standard InChI is InChI=1S/C24H30N8O2/c1-16-13-30(23(33)34-24(2,3)4)9-10-31(16)21-20-18(29(5)6)14-32(22(20)28-15-27-21)19-11-17(12-25)7-8-26-19/h7-8,11,14-16H,9-10,13H2,1-6H3/t16-/m0/s1. The van der Waals surface area contributed by atoms with Crippen LogP contribution in [0, 0.1) is 11.3 Å². The topological polar surface area (TPSA) is 103 Å². The molecule has 0 radical (unpaired) electrons. The highest BCUT2D eigenvalue weighted by atomic mass is 16.6. The van der Waals surface area contributed by atoms with Crippen LogP contribution < -0.4 is 9.80 Å². The maximum absolute atomic E-state index is 12.6. The van der Waals surface area contributed by atoms with E-state index in [-0.39, 0.29) is 12.1 Å². The number of hydrogen-bond donors (Lipinski definition) is 0. The second-order valence-corrected chi connectivity index (χ2v) is 9.66. The smallest absolute Gasteiger partial charge is 0.410 e. The predicted octanol–water partition coefficient (Wildman–Crippen LogP) is 3.20. The number of carbonyl (C=O) groups excluding carboxylic acids is 1. The van der Waals surface area contributed by atoms with Crippen molar-refractivity contribution in [1.82, 2.24) is 24.4 Å². The quantitative estimate of drug-likeness (QED) is 0.585. The molecule has 0 aliphatic carbocycles. The third-order valence-electron chi connectivity index (χ3n) is 5.70. The highest BCUT2D eigenvalue weighted by Crippen LogP contribution is 2.36. The number of fused-ring (bicyclic) bond motifs is 1. The molecule has 3 aromatic heterocycles. The van der Waals surface area contributed by atoms with Crippen molar-refractivity contribution >= 4 is 28.6 Å². The van der Waals surface area contributed by atoms with E-state index in [2.05, 4.69) is 32.8 Å². The number of piperazine rings is 1. The van der Waals surface area contributed by atoms with Gasteiger partial charge in [0, 0.05) is 52.2 Å². The SMILES string of the molecule is C[C@H]1CN(C(=O)OC(C)(C)C)CCN1c1ncnc2c1c(N(C)C)cn2-c1cc(C#N)ccn1. The summed E-state index contributed by atoms with van der Waals surface area (Å²) in [5, 5.41) is 10.2. The van der Waals surface area contributed by atoms with Crippen molar-refractivity contribution in [3.8, 4) is 11.9 Å². The Hall–Kier alpha value is -3.87. The molecule has 178 valence electrons. The van der Waals surface area contributed by atoms with Crippen molar-refractivity contribution in [2.45, 2.75) is 39.3 Å². The number of rotatable bonds is 3. The Kier molecular flexibility index (Phi) is 6.04. The first-order valence-corrected chi connectivity index (χ1v) is 11.2. The molecule has 3 aromatic rings. The molecule has 4 rings (SSSR count). The van der Waals surface area contributed by atoms with Crippen molar-refractivity contribution in [3.63, 3.8) is 0 Å². The van der Waals surface area contributed by atoms with Gasteiger partial charge in [-0.3, -0.25) is 4.57 Å². The summed E-state index contributed by atoms with van der Waals surface area (Å²) in [5.74, 6) is 1.42. The molecule has 1 aliphatic rings. The molecular formula is C24H30N8O2. The van der Waals surface area contributed by atoms with Gasteiger partial charge in [0.15, 0.2) is 5.65 Å². The number of ether oxygens (including phenoxy) is 1. The Labute approximate surface area is 199 Å². The summed E-state index contributed by atoms with van der Waals surface area (Å²) in [6.07, 6.45) is 4.84. The number of amides is 1. The first kappa shape index (κ1) is 23.3. The average Bonchev–Trinajstić information content (AvgIpc) is 3.18. The van der Waals surface area contributed by atoms with E-state index in [9.17, 15) is 10.1 Å². The van der Waals surface area contributed by atoms with Crippen LogP contribution in [0.5, 0.6) is 0 Å². The van der Waals surface area contributed by atoms with Crippen LogP contribution in [0.3, 0.4) is 0 Å². The van der Waals surface area contributed by atoms with Crippen molar-refractivity contribution in [3.05, 3.63) is 36.4 Å². The molecule has 1 fully saturated rings. The van der Waals surface area contributed by atoms with Gasteiger partial charge < -0.3 is 19.4 Å². The first-order chi connectivity index (χ1) is 16.1. The molecule has 10 heteroatoms. The van der Waals surface area contributed by atoms with Crippen molar-refractivity contribution in [1.29, 1.82) is 5.26 Å². The molecule has 10 nitrogen and oxygen atoms in total. The van der Waals surface area contributed by atoms with Crippen LogP contribution in [0.15, 0.2) is 30.9 Å². The molecular weight excluding hydrogens is 432 g/mol. The monoisotopic (exact) mass is 462 g/mol. The maximum Gasteiger partial charge on any atom is 0.410 e. The van der Waals surface area contributed by atoms with Crippen LogP contribution in [0.4, 0.5) is 16.3 Å². The van der Waals surface area contributed by atoms with Crippen LogP contribution in [-0.4, -0.2) is 75.9 Å². The number of nitriles is 1. The zero-order chi connectivity index (χ0) is 24.6. The van der Waals surface area contributed by atoms with Gasteiger partial charge in [-0.25, -0.2) is 19.7 Å². The van der Waals surface area contributed by atoms with E-state index in [0.717, 1.165) is 16.9 Å². The second-order valence-electron chi connectivity index (χ2n) is 9.66. The van der Waals surface area contributed by atoms with Gasteiger partial charge in [0.25, 0.3) is 0 Å². The Morgan fingerprint density at radius 1 is 1.24 bits per heavy atom. The number of carbonyl (C=O) groups is 1. The summed E-state index contributed by atoms with van der Waals surface area (Å²) in [7, 11) is 3.94. The van der Waals surface area contributed by atoms with Gasteiger partial charge in [0.05, 0.1) is 22.7 Å². The van der Waals surface area contributed by atoms with E-state index < -0.39 is 5.60 Å². The lowest BCUT2D eigenvalue weighted by atomic mass is 10.1. The molecule has 4 heterocycles. The first-order valence-electron chi connectivity index (χ1n) is 11.2. The molecule has 0 saturated carbocycles. The largest absolute Gasteiger partial charge is 0.444 e. The molecule has 1 saturated heterocycles. The van der Waals surface area contributed by atoms with Gasteiger partial charge in [-0.2, -0.15) is 5.26 Å². The maximum atomic E-state index is 12.6. The Bertz CT molecular complexity index is 1250. The Morgan fingerprint density at radius 3 is 2.65 bits per heavy atom. The number of anilines is 2. The minimum Gasteiger partial charge on any atom is -0.444 e. The fraction of sp³-hybridized carbons (Fsp3) is 0.458. The fourth-order valence-electron chi connectivity index (χ4n) is 4.14. The molecule has 34 heavy (non-hydrogen) atoms. The summed E-state index contributed by atoms with van der Waals surface area (Å²) in [4.78, 5) is 32.3. The molecule has 1 amide bonds. The Balaban J connectivity index is 1.72. The molecule has 0 aromatic carbocycles. The zero-order valence-corrected chi connectivity index (χ0v) is 20.5. The van der Waals surface area contributed by atoms with E-state index in [4.69, 9.17) is 4.74 Å². The molecule has 1 atom stereocenters. The summed E-state index contributed by atoms with van der Waals surface area (Å²) in [6.45, 7) is 9.38. The van der Waals surface area contributed by atoms with Crippen LogP contribution in [0.1, 0.15) is 33.3 Å². The fourth-order valence-corrected chi connectivity index (χ4v) is 4.14. The zero-order valence-electron chi connectivity index (χ0n) is 20.5. The van der Waals surface area contributed by atoms with Crippen LogP contribution in [-0.2, 0) is 4.74 Å². The van der Waals surface area contributed by atoms with Crippen molar-refractivity contribution in [2.75, 3.05) is 43.5 Å². The summed E-state index contributed by atoms with van der Waals surface area (Å²) < 4.78 is 7.45. The van der Waals surface area contributed by atoms with Crippen molar-refractivity contribution < 1.29 is 9.53 Å². The van der Waals surface area contributed by atoms with E-state index >= 15 is 0 Å². The van der Waals surface area contributed by atoms with Gasteiger partial charge >= 0.3 is 6.09 Å². The predicted molar refractivity (Wildman–Crippen MR) is 130 cm³/mol. The van der Waals surface area contributed by atoms with Gasteiger partial charge in [-0.05, 0) is 39.8 Å².